The van der Waals surface area contributed by atoms with Gasteiger partial charge in [0.05, 0.1) is 0 Å². The fourth-order valence-corrected chi connectivity index (χ4v) is 1.73. The lowest BCUT2D eigenvalue weighted by atomic mass is 10.3. The molecule has 0 saturated heterocycles. The Labute approximate surface area is 107 Å². The molecular formula is C12H8BrN3O. The summed E-state index contributed by atoms with van der Waals surface area (Å²) in [6, 6.07) is 10.6. The highest BCUT2D eigenvalue weighted by atomic mass is 79.9. The van der Waals surface area contributed by atoms with Crippen LogP contribution in [0.15, 0.2) is 34.9 Å². The lowest BCUT2D eigenvalue weighted by molar-refractivity contribution is 0.456. The van der Waals surface area contributed by atoms with E-state index in [1.165, 1.54) is 0 Å². The number of hydrogen-bond acceptors (Lipinski definition) is 4. The van der Waals surface area contributed by atoms with Crippen LogP contribution in [0.1, 0.15) is 11.4 Å². The van der Waals surface area contributed by atoms with Crippen LogP contribution in [-0.4, -0.2) is 9.97 Å². The van der Waals surface area contributed by atoms with Crippen molar-refractivity contribution in [2.75, 3.05) is 0 Å². The normalized spacial score (nSPS) is 9.71. The number of ether oxygens (including phenoxy) is 1. The van der Waals surface area contributed by atoms with Crippen molar-refractivity contribution in [3.8, 4) is 17.7 Å². The summed E-state index contributed by atoms with van der Waals surface area (Å²) in [5.74, 6) is 0.939. The Morgan fingerprint density at radius 1 is 1.24 bits per heavy atom. The third-order valence-electron chi connectivity index (χ3n) is 2.01. The molecule has 0 spiro atoms. The lowest BCUT2D eigenvalue weighted by Crippen LogP contribution is -1.92. The molecule has 17 heavy (non-hydrogen) atoms. The molecule has 0 aliphatic heterocycles. The van der Waals surface area contributed by atoms with Crippen LogP contribution in [0.25, 0.3) is 0 Å². The second-order valence-electron chi connectivity index (χ2n) is 3.32. The van der Waals surface area contributed by atoms with E-state index < -0.39 is 0 Å². The first-order chi connectivity index (χ1) is 8.19. The summed E-state index contributed by atoms with van der Waals surface area (Å²) in [6.45, 7) is 1.89. The summed E-state index contributed by atoms with van der Waals surface area (Å²) in [6.07, 6.45) is 0. The summed E-state index contributed by atoms with van der Waals surface area (Å²) < 4.78 is 6.15. The van der Waals surface area contributed by atoms with Crippen molar-refractivity contribution in [3.05, 3.63) is 46.3 Å². The van der Waals surface area contributed by atoms with E-state index in [-0.39, 0.29) is 0 Å². The number of halogens is 1. The van der Waals surface area contributed by atoms with Crippen LogP contribution in [0.2, 0.25) is 0 Å². The molecule has 84 valence electrons. The summed E-state index contributed by atoms with van der Waals surface area (Å²) >= 11 is 3.31. The second kappa shape index (κ2) is 4.93. The topological polar surface area (TPSA) is 58.8 Å². The summed E-state index contributed by atoms with van der Waals surface area (Å²) in [7, 11) is 0. The largest absolute Gasteiger partial charge is 0.436 e. The maximum absolute atomic E-state index is 8.73. The van der Waals surface area contributed by atoms with Crippen LogP contribution in [0, 0.1) is 18.3 Å². The maximum atomic E-state index is 8.73. The van der Waals surface area contributed by atoms with Gasteiger partial charge in [-0.3, -0.25) is 0 Å². The van der Waals surface area contributed by atoms with Crippen molar-refractivity contribution in [2.45, 2.75) is 6.92 Å². The zero-order valence-electron chi connectivity index (χ0n) is 9.01. The van der Waals surface area contributed by atoms with Gasteiger partial charge in [0.2, 0.25) is 5.88 Å². The third kappa shape index (κ3) is 2.80. The summed E-state index contributed by atoms with van der Waals surface area (Å²) in [4.78, 5) is 8.23. The first-order valence-electron chi connectivity index (χ1n) is 4.87. The van der Waals surface area contributed by atoms with Crippen molar-refractivity contribution >= 4 is 15.9 Å². The van der Waals surface area contributed by atoms with Crippen molar-refractivity contribution < 1.29 is 4.74 Å². The molecule has 0 saturated carbocycles. The molecule has 0 aliphatic carbocycles. The van der Waals surface area contributed by atoms with E-state index in [1.807, 2.05) is 19.1 Å². The fourth-order valence-electron chi connectivity index (χ4n) is 1.23. The molecule has 0 aromatic carbocycles. The quantitative estimate of drug-likeness (QED) is 0.797. The van der Waals surface area contributed by atoms with E-state index >= 15 is 0 Å². The smallest absolute Gasteiger partial charge is 0.220 e. The Morgan fingerprint density at radius 2 is 2.06 bits per heavy atom. The van der Waals surface area contributed by atoms with Crippen LogP contribution < -0.4 is 4.74 Å². The average molecular weight is 290 g/mol. The molecule has 4 nitrogen and oxygen atoms in total. The van der Waals surface area contributed by atoms with Crippen LogP contribution in [0.4, 0.5) is 0 Å². The van der Waals surface area contributed by atoms with Gasteiger partial charge in [-0.1, -0.05) is 6.07 Å². The number of pyridine rings is 2. The Hall–Kier alpha value is -1.93. The molecule has 0 atom stereocenters. The van der Waals surface area contributed by atoms with Gasteiger partial charge in [0.25, 0.3) is 0 Å². The van der Waals surface area contributed by atoms with Gasteiger partial charge >= 0.3 is 0 Å². The van der Waals surface area contributed by atoms with Gasteiger partial charge in [-0.2, -0.15) is 5.26 Å². The Balaban J connectivity index is 2.28. The van der Waals surface area contributed by atoms with E-state index in [0.29, 0.717) is 21.9 Å². The Bertz CT molecular complexity index is 593. The molecule has 0 fully saturated rings. The number of aromatic nitrogens is 2. The highest BCUT2D eigenvalue weighted by Crippen LogP contribution is 2.27. The van der Waals surface area contributed by atoms with Crippen LogP contribution in [-0.2, 0) is 0 Å². The monoisotopic (exact) mass is 289 g/mol. The van der Waals surface area contributed by atoms with Gasteiger partial charge in [-0.15, -0.1) is 0 Å². The molecule has 0 aliphatic rings. The van der Waals surface area contributed by atoms with E-state index in [2.05, 4.69) is 25.9 Å². The summed E-state index contributed by atoms with van der Waals surface area (Å²) in [5.41, 5.74) is 1.21. The molecule has 0 unspecified atom stereocenters. The highest BCUT2D eigenvalue weighted by Gasteiger charge is 2.05. The SMILES string of the molecule is Cc1ccc(Oc2cccc(C#N)n2)c(Br)n1. The molecule has 0 amide bonds. The minimum Gasteiger partial charge on any atom is -0.436 e. The zero-order chi connectivity index (χ0) is 12.3. The number of aryl methyl sites for hydroxylation is 1. The van der Waals surface area contributed by atoms with Gasteiger partial charge in [-0.05, 0) is 41.1 Å². The first-order valence-corrected chi connectivity index (χ1v) is 5.66. The number of nitrogens with zero attached hydrogens (tertiary/aromatic N) is 3. The molecule has 2 rings (SSSR count). The second-order valence-corrected chi connectivity index (χ2v) is 4.07. The van der Waals surface area contributed by atoms with Gasteiger partial charge in [0.15, 0.2) is 5.75 Å². The average Bonchev–Trinajstić information content (AvgIpc) is 2.33. The molecule has 0 bridgehead atoms. The van der Waals surface area contributed by atoms with Crippen LogP contribution in [0.3, 0.4) is 0 Å². The Morgan fingerprint density at radius 3 is 2.76 bits per heavy atom. The molecular weight excluding hydrogens is 282 g/mol. The van der Waals surface area contributed by atoms with E-state index in [1.54, 1.807) is 24.3 Å². The zero-order valence-corrected chi connectivity index (χ0v) is 10.6. The predicted molar refractivity (Wildman–Crippen MR) is 65.7 cm³/mol. The van der Waals surface area contributed by atoms with Crippen LogP contribution >= 0.6 is 15.9 Å². The molecule has 0 N–H and O–H groups in total. The third-order valence-corrected chi connectivity index (χ3v) is 2.57. The van der Waals surface area contributed by atoms with Gasteiger partial charge in [0, 0.05) is 11.8 Å². The maximum Gasteiger partial charge on any atom is 0.220 e. The fraction of sp³-hybridized carbons (Fsp3) is 0.0833. The van der Waals surface area contributed by atoms with E-state index in [4.69, 9.17) is 10.00 Å². The van der Waals surface area contributed by atoms with Gasteiger partial charge in [-0.25, -0.2) is 9.97 Å². The summed E-state index contributed by atoms with van der Waals surface area (Å²) in [5, 5.41) is 8.73. The predicted octanol–water partition coefficient (Wildman–Crippen LogP) is 3.21. The Kier molecular flexibility index (Phi) is 3.35. The molecule has 2 heterocycles. The number of rotatable bonds is 2. The van der Waals surface area contributed by atoms with Crippen molar-refractivity contribution in [1.82, 2.24) is 9.97 Å². The van der Waals surface area contributed by atoms with E-state index in [0.717, 1.165) is 5.69 Å². The first kappa shape index (κ1) is 11.6. The van der Waals surface area contributed by atoms with Gasteiger partial charge < -0.3 is 4.74 Å². The van der Waals surface area contributed by atoms with Crippen molar-refractivity contribution in [1.29, 1.82) is 5.26 Å². The molecule has 2 aromatic rings. The number of hydrogen-bond donors (Lipinski definition) is 0. The standard InChI is InChI=1S/C12H8BrN3O/c1-8-5-6-10(12(13)15-8)17-11-4-2-3-9(7-14)16-11/h2-6H,1H3. The molecule has 2 aromatic heterocycles. The minimum absolute atomic E-state index is 0.318. The highest BCUT2D eigenvalue weighted by molar-refractivity contribution is 9.10. The van der Waals surface area contributed by atoms with E-state index in [9.17, 15) is 0 Å². The molecule has 0 radical (unpaired) electrons. The minimum atomic E-state index is 0.318. The van der Waals surface area contributed by atoms with Crippen molar-refractivity contribution in [3.63, 3.8) is 0 Å². The van der Waals surface area contributed by atoms with Gasteiger partial charge in [0.1, 0.15) is 16.4 Å². The lowest BCUT2D eigenvalue weighted by Gasteiger charge is -2.06. The van der Waals surface area contributed by atoms with Crippen LogP contribution in [0.5, 0.6) is 11.6 Å². The molecule has 5 heteroatoms. The van der Waals surface area contributed by atoms with Crippen molar-refractivity contribution in [2.24, 2.45) is 0 Å². The number of nitriles is 1.